The van der Waals surface area contributed by atoms with Crippen LogP contribution in [-0.2, 0) is 20.9 Å². The van der Waals surface area contributed by atoms with E-state index in [4.69, 9.17) is 40.5 Å². The molecular formula is C29H32BrClN4O5Si. The molecular weight excluding hydrogens is 628 g/mol. The molecule has 216 valence electrons. The van der Waals surface area contributed by atoms with Gasteiger partial charge in [0.15, 0.2) is 11.8 Å². The molecule has 0 saturated carbocycles. The Balaban J connectivity index is 1.30. The predicted octanol–water partition coefficient (Wildman–Crippen LogP) is 5.79. The summed E-state index contributed by atoms with van der Waals surface area (Å²) in [6, 6.07) is 15.1. The monoisotopic (exact) mass is 658 g/mol. The zero-order valence-corrected chi connectivity index (χ0v) is 26.4. The average Bonchev–Trinajstić information content (AvgIpc) is 3.61. The minimum atomic E-state index is -1.26. The summed E-state index contributed by atoms with van der Waals surface area (Å²) in [5, 5.41) is 10.6. The molecule has 2 saturated heterocycles. The van der Waals surface area contributed by atoms with Gasteiger partial charge in [-0.1, -0.05) is 55.5 Å². The molecule has 1 N–H and O–H groups in total. The van der Waals surface area contributed by atoms with Crippen molar-refractivity contribution in [1.29, 1.82) is 0 Å². The first-order valence-corrected chi connectivity index (χ1v) is 18.5. The second kappa shape index (κ2) is 11.7. The molecule has 41 heavy (non-hydrogen) atoms. The van der Waals surface area contributed by atoms with Crippen LogP contribution < -0.4 is 4.74 Å². The van der Waals surface area contributed by atoms with Crippen molar-refractivity contribution >= 4 is 46.8 Å². The maximum Gasteiger partial charge on any atom is 0.301 e. The Morgan fingerprint density at radius 1 is 1.05 bits per heavy atom. The largest absolute Gasteiger partial charge is 0.456 e. The average molecular weight is 660 g/mol. The Kier molecular flexibility index (Phi) is 8.21. The van der Waals surface area contributed by atoms with Crippen LogP contribution in [0.25, 0.3) is 33.7 Å². The second-order valence-corrected chi connectivity index (χ2v) is 18.5. The first-order chi connectivity index (χ1) is 19.7. The van der Waals surface area contributed by atoms with Gasteiger partial charge in [-0.05, 0) is 40.2 Å². The van der Waals surface area contributed by atoms with E-state index in [-0.39, 0.29) is 19.4 Å². The lowest BCUT2D eigenvalue weighted by atomic mass is 10.1. The van der Waals surface area contributed by atoms with E-state index < -0.39 is 26.4 Å². The van der Waals surface area contributed by atoms with Crippen molar-refractivity contribution in [3.05, 3.63) is 58.2 Å². The van der Waals surface area contributed by atoms with Crippen molar-refractivity contribution in [1.82, 2.24) is 19.5 Å². The van der Waals surface area contributed by atoms with Crippen LogP contribution in [0.4, 0.5) is 0 Å². The summed E-state index contributed by atoms with van der Waals surface area (Å²) in [4.78, 5) is 14.1. The molecule has 0 amide bonds. The van der Waals surface area contributed by atoms with Crippen molar-refractivity contribution < 1.29 is 24.1 Å². The van der Waals surface area contributed by atoms with Crippen LogP contribution in [-0.4, -0.2) is 76.9 Å². The van der Waals surface area contributed by atoms with Gasteiger partial charge in [0.25, 0.3) is 0 Å². The van der Waals surface area contributed by atoms with Gasteiger partial charge in [0.1, 0.15) is 25.0 Å². The van der Waals surface area contributed by atoms with Crippen molar-refractivity contribution in [2.24, 2.45) is 0 Å². The normalized spacial score (nSPS) is 22.4. The van der Waals surface area contributed by atoms with E-state index in [2.05, 4.69) is 40.6 Å². The summed E-state index contributed by atoms with van der Waals surface area (Å²) in [7, 11) is -1.26. The number of benzene rings is 1. The molecule has 4 aromatic rings. The number of rotatable bonds is 9. The highest BCUT2D eigenvalue weighted by atomic mass is 79.9. The maximum absolute atomic E-state index is 10.2. The molecule has 2 aliphatic rings. The van der Waals surface area contributed by atoms with E-state index in [0.717, 1.165) is 27.3 Å². The molecule has 1 aromatic carbocycles. The number of aromatic nitrogens is 4. The Hall–Kier alpha value is -2.38. The van der Waals surface area contributed by atoms with Crippen molar-refractivity contribution in [3.63, 3.8) is 0 Å². The zero-order chi connectivity index (χ0) is 28.7. The van der Waals surface area contributed by atoms with Crippen LogP contribution in [0.3, 0.4) is 0 Å². The van der Waals surface area contributed by atoms with Crippen LogP contribution in [0.1, 0.15) is 0 Å². The topological polar surface area (TPSA) is 101 Å². The van der Waals surface area contributed by atoms with Gasteiger partial charge in [-0.2, -0.15) is 4.98 Å². The highest BCUT2D eigenvalue weighted by Crippen LogP contribution is 2.34. The summed E-state index contributed by atoms with van der Waals surface area (Å²) in [5.74, 6) is 0. The fourth-order valence-corrected chi connectivity index (χ4v) is 6.23. The molecule has 12 heteroatoms. The summed E-state index contributed by atoms with van der Waals surface area (Å²) in [6.45, 7) is 8.35. The van der Waals surface area contributed by atoms with Gasteiger partial charge < -0.3 is 24.1 Å². The molecule has 9 nitrogen and oxygen atoms in total. The number of imidazole rings is 1. The van der Waals surface area contributed by atoms with Crippen LogP contribution in [0.2, 0.25) is 30.7 Å². The number of fused-ring (bicyclic) bond motifs is 2. The molecule has 2 fully saturated rings. The lowest BCUT2D eigenvalue weighted by molar-refractivity contribution is 0.00339. The molecule has 4 atom stereocenters. The molecule has 0 radical (unpaired) electrons. The molecule has 3 aromatic heterocycles. The fraction of sp³-hybridized carbons (Fsp3) is 0.414. The lowest BCUT2D eigenvalue weighted by Crippen LogP contribution is -2.35. The quantitative estimate of drug-likeness (QED) is 0.178. The van der Waals surface area contributed by atoms with Gasteiger partial charge in [0.2, 0.25) is 0 Å². The predicted molar refractivity (Wildman–Crippen MR) is 163 cm³/mol. The Morgan fingerprint density at radius 3 is 2.54 bits per heavy atom. The molecule has 0 bridgehead atoms. The Labute approximate surface area is 252 Å². The van der Waals surface area contributed by atoms with Crippen molar-refractivity contribution in [2.75, 3.05) is 19.8 Å². The van der Waals surface area contributed by atoms with E-state index >= 15 is 0 Å². The summed E-state index contributed by atoms with van der Waals surface area (Å²) in [5.41, 5.74) is 4.55. The minimum absolute atomic E-state index is 0.225. The fourth-order valence-electron chi connectivity index (χ4n) is 4.98. The van der Waals surface area contributed by atoms with Crippen molar-refractivity contribution in [3.8, 4) is 28.5 Å². The SMILES string of the molecule is C[Si](C)(C)CCOCn1c(O[C@@H]2COC3C2OC[C@H]3O)nc2nc(-c3ccc(-c4ccc(Br)cn4)cc3)c(Cl)cc21. The maximum atomic E-state index is 10.2. The first-order valence-electron chi connectivity index (χ1n) is 13.6. The third-order valence-electron chi connectivity index (χ3n) is 7.30. The molecule has 2 unspecified atom stereocenters. The molecule has 2 aliphatic heterocycles. The van der Waals surface area contributed by atoms with Crippen LogP contribution in [0.5, 0.6) is 6.01 Å². The van der Waals surface area contributed by atoms with Crippen LogP contribution in [0, 0.1) is 0 Å². The van der Waals surface area contributed by atoms with E-state index in [1.54, 1.807) is 6.20 Å². The number of pyridine rings is 2. The smallest absolute Gasteiger partial charge is 0.301 e. The lowest BCUT2D eigenvalue weighted by Gasteiger charge is -2.19. The minimum Gasteiger partial charge on any atom is -0.456 e. The number of hydrogen-bond acceptors (Lipinski definition) is 8. The van der Waals surface area contributed by atoms with Gasteiger partial charge >= 0.3 is 6.01 Å². The number of aliphatic hydroxyl groups is 1. The van der Waals surface area contributed by atoms with Crippen LogP contribution >= 0.6 is 27.5 Å². The van der Waals surface area contributed by atoms with E-state index in [0.29, 0.717) is 41.1 Å². The van der Waals surface area contributed by atoms with E-state index in [1.165, 1.54) is 0 Å². The molecule has 6 rings (SSSR count). The standard InChI is InChI=1S/C29H32BrClN4O5Si/c1-41(2,3)11-10-37-16-35-22-12-20(31)25(18-6-4-17(5-7-18)21-9-8-19(30)13-32-21)33-28(22)34-29(35)40-24-15-39-26-23(36)14-38-27(24)26/h4-9,12-13,23-24,26-27,36H,10-11,14-16H2,1-3H3/t23-,24-,26?,27?/m1/s1. The van der Waals surface area contributed by atoms with Gasteiger partial charge in [0, 0.05) is 36.5 Å². The van der Waals surface area contributed by atoms with Crippen molar-refractivity contribution in [2.45, 2.75) is 56.8 Å². The molecule has 0 spiro atoms. The van der Waals surface area contributed by atoms with Gasteiger partial charge in [0.05, 0.1) is 35.1 Å². The highest BCUT2D eigenvalue weighted by Gasteiger charge is 2.49. The Morgan fingerprint density at radius 2 is 1.80 bits per heavy atom. The first kappa shape index (κ1) is 28.7. The molecule has 0 aliphatic carbocycles. The highest BCUT2D eigenvalue weighted by molar-refractivity contribution is 9.10. The van der Waals surface area contributed by atoms with E-state index in [1.807, 2.05) is 47.0 Å². The third kappa shape index (κ3) is 6.22. The number of halogens is 2. The molecule has 5 heterocycles. The number of nitrogens with zero attached hydrogens (tertiary/aromatic N) is 4. The summed E-state index contributed by atoms with van der Waals surface area (Å²) < 4.78 is 26.7. The summed E-state index contributed by atoms with van der Waals surface area (Å²) >= 11 is 10.2. The number of ether oxygens (including phenoxy) is 4. The zero-order valence-electron chi connectivity index (χ0n) is 23.1. The Bertz CT molecular complexity index is 1530. The van der Waals surface area contributed by atoms with Gasteiger partial charge in [-0.3, -0.25) is 9.55 Å². The third-order valence-corrected chi connectivity index (χ3v) is 9.76. The number of aliphatic hydroxyl groups excluding tert-OH is 1. The van der Waals surface area contributed by atoms with Crippen LogP contribution in [0.15, 0.2) is 53.1 Å². The second-order valence-electron chi connectivity index (χ2n) is 11.6. The summed E-state index contributed by atoms with van der Waals surface area (Å²) in [6.07, 6.45) is -0.0627. The van der Waals surface area contributed by atoms with E-state index in [9.17, 15) is 5.11 Å². The van der Waals surface area contributed by atoms with Gasteiger partial charge in [-0.25, -0.2) is 4.98 Å². The number of hydrogen-bond donors (Lipinski definition) is 1. The van der Waals surface area contributed by atoms with Gasteiger partial charge in [-0.15, -0.1) is 0 Å².